The number of aryl methyl sites for hydroxylation is 1. The molecule has 13 heavy (non-hydrogen) atoms. The van der Waals surface area contributed by atoms with Crippen LogP contribution in [-0.2, 0) is 12.8 Å². The van der Waals surface area contributed by atoms with Crippen molar-refractivity contribution in [2.75, 3.05) is 0 Å². The summed E-state index contributed by atoms with van der Waals surface area (Å²) in [7, 11) is 0. The van der Waals surface area contributed by atoms with E-state index in [9.17, 15) is 4.79 Å². The molecule has 0 aliphatic heterocycles. The zero-order valence-corrected chi connectivity index (χ0v) is 7.85. The molecule has 0 aromatic carbocycles. The molecule has 0 fully saturated rings. The molecule has 3 heteroatoms. The first kappa shape index (κ1) is 9.53. The molecule has 0 atom stereocenters. The third-order valence-corrected chi connectivity index (χ3v) is 2.14. The lowest BCUT2D eigenvalue weighted by atomic mass is 10.0. The molecular weight excluding hydrogens is 164 g/mol. The maximum atomic E-state index is 11.2. The van der Waals surface area contributed by atoms with Gasteiger partial charge in [0.05, 0.1) is 0 Å². The van der Waals surface area contributed by atoms with Gasteiger partial charge in [-0.25, -0.2) is 0 Å². The number of rotatable bonds is 2. The van der Waals surface area contributed by atoms with Gasteiger partial charge in [0.15, 0.2) is 0 Å². The molecule has 0 aliphatic carbocycles. The van der Waals surface area contributed by atoms with Crippen molar-refractivity contribution in [1.82, 2.24) is 4.98 Å². The zero-order chi connectivity index (χ0) is 9.84. The molecule has 0 aliphatic rings. The van der Waals surface area contributed by atoms with Crippen LogP contribution in [0.1, 0.15) is 30.5 Å². The van der Waals surface area contributed by atoms with Gasteiger partial charge in [0, 0.05) is 6.20 Å². The smallest absolute Gasteiger partial charge is 0.266 e. The SMILES string of the molecule is CCc1c[nH]c(=O)c(C#N)c1CC. The molecule has 1 aromatic rings. The fourth-order valence-electron chi connectivity index (χ4n) is 1.45. The fraction of sp³-hybridized carbons (Fsp3) is 0.400. The maximum Gasteiger partial charge on any atom is 0.266 e. The predicted octanol–water partition coefficient (Wildman–Crippen LogP) is 1.37. The molecule has 0 radical (unpaired) electrons. The van der Waals surface area contributed by atoms with Gasteiger partial charge in [0.1, 0.15) is 11.6 Å². The monoisotopic (exact) mass is 176 g/mol. The largest absolute Gasteiger partial charge is 0.328 e. The summed E-state index contributed by atoms with van der Waals surface area (Å²) in [5, 5.41) is 8.78. The maximum absolute atomic E-state index is 11.2. The second kappa shape index (κ2) is 3.90. The Labute approximate surface area is 77.0 Å². The molecule has 1 aromatic heterocycles. The van der Waals surface area contributed by atoms with Gasteiger partial charge in [0.2, 0.25) is 0 Å². The van der Waals surface area contributed by atoms with E-state index in [2.05, 4.69) is 4.98 Å². The topological polar surface area (TPSA) is 56.6 Å². The van der Waals surface area contributed by atoms with Crippen LogP contribution < -0.4 is 5.56 Å². The molecule has 1 N–H and O–H groups in total. The Morgan fingerprint density at radius 2 is 2.15 bits per heavy atom. The first-order valence-corrected chi connectivity index (χ1v) is 4.38. The minimum Gasteiger partial charge on any atom is -0.328 e. The van der Waals surface area contributed by atoms with Crippen molar-refractivity contribution in [1.29, 1.82) is 5.26 Å². The van der Waals surface area contributed by atoms with Crippen LogP contribution in [0.4, 0.5) is 0 Å². The van der Waals surface area contributed by atoms with Gasteiger partial charge in [-0.05, 0) is 24.0 Å². The van der Waals surface area contributed by atoms with Crippen LogP contribution >= 0.6 is 0 Å². The second-order valence-electron chi connectivity index (χ2n) is 2.82. The Kier molecular flexibility index (Phi) is 2.86. The van der Waals surface area contributed by atoms with Crippen LogP contribution in [0.15, 0.2) is 11.0 Å². The third-order valence-electron chi connectivity index (χ3n) is 2.14. The van der Waals surface area contributed by atoms with Crippen molar-refractivity contribution in [2.45, 2.75) is 26.7 Å². The summed E-state index contributed by atoms with van der Waals surface area (Å²) in [6.07, 6.45) is 3.27. The molecule has 3 nitrogen and oxygen atoms in total. The number of aromatic amines is 1. The predicted molar refractivity (Wildman–Crippen MR) is 50.5 cm³/mol. The molecule has 0 amide bonds. The number of nitriles is 1. The molecule has 1 heterocycles. The van der Waals surface area contributed by atoms with E-state index in [1.54, 1.807) is 6.20 Å². The van der Waals surface area contributed by atoms with Crippen molar-refractivity contribution in [3.05, 3.63) is 33.2 Å². The molecule has 0 saturated heterocycles. The highest BCUT2D eigenvalue weighted by atomic mass is 16.1. The number of hydrogen-bond donors (Lipinski definition) is 1. The minimum absolute atomic E-state index is 0.266. The molecule has 0 saturated carbocycles. The summed E-state index contributed by atoms with van der Waals surface area (Å²) in [6, 6.07) is 1.95. The number of nitrogens with one attached hydrogen (secondary N) is 1. The van der Waals surface area contributed by atoms with Crippen molar-refractivity contribution in [3.63, 3.8) is 0 Å². The Morgan fingerprint density at radius 3 is 2.62 bits per heavy atom. The lowest BCUT2D eigenvalue weighted by molar-refractivity contribution is 0.987. The van der Waals surface area contributed by atoms with Crippen molar-refractivity contribution in [2.24, 2.45) is 0 Å². The van der Waals surface area contributed by atoms with Gasteiger partial charge in [-0.15, -0.1) is 0 Å². The lowest BCUT2D eigenvalue weighted by Crippen LogP contribution is -2.14. The Balaban J connectivity index is 3.48. The van der Waals surface area contributed by atoms with E-state index < -0.39 is 0 Å². The van der Waals surface area contributed by atoms with E-state index in [1.807, 2.05) is 19.9 Å². The van der Waals surface area contributed by atoms with E-state index >= 15 is 0 Å². The second-order valence-corrected chi connectivity index (χ2v) is 2.82. The Morgan fingerprint density at radius 1 is 1.46 bits per heavy atom. The molecular formula is C10H12N2O. The standard InChI is InChI=1S/C10H12N2O/c1-3-7-6-12-10(13)9(5-11)8(7)4-2/h6H,3-4H2,1-2H3,(H,12,13). The molecule has 0 spiro atoms. The van der Waals surface area contributed by atoms with E-state index in [4.69, 9.17) is 5.26 Å². The lowest BCUT2D eigenvalue weighted by Gasteiger charge is -2.05. The molecule has 0 bridgehead atoms. The van der Waals surface area contributed by atoms with Crippen molar-refractivity contribution < 1.29 is 0 Å². The van der Waals surface area contributed by atoms with Gasteiger partial charge in [-0.2, -0.15) is 5.26 Å². The van der Waals surface area contributed by atoms with Gasteiger partial charge in [-0.3, -0.25) is 4.79 Å². The average Bonchev–Trinajstić information content (AvgIpc) is 2.17. The van der Waals surface area contributed by atoms with Crippen LogP contribution in [0.3, 0.4) is 0 Å². The highest BCUT2D eigenvalue weighted by Crippen LogP contribution is 2.10. The van der Waals surface area contributed by atoms with Gasteiger partial charge in [0.25, 0.3) is 5.56 Å². The van der Waals surface area contributed by atoms with Crippen molar-refractivity contribution in [3.8, 4) is 6.07 Å². The zero-order valence-electron chi connectivity index (χ0n) is 7.85. The normalized spacial score (nSPS) is 9.62. The minimum atomic E-state index is -0.281. The van der Waals surface area contributed by atoms with E-state index in [0.717, 1.165) is 24.0 Å². The first-order chi connectivity index (χ1) is 6.24. The van der Waals surface area contributed by atoms with Crippen LogP contribution in [0.5, 0.6) is 0 Å². The van der Waals surface area contributed by atoms with Crippen LogP contribution in [0.2, 0.25) is 0 Å². The Hall–Kier alpha value is -1.56. The molecule has 68 valence electrons. The molecule has 0 unspecified atom stereocenters. The highest BCUT2D eigenvalue weighted by Gasteiger charge is 2.08. The number of aromatic nitrogens is 1. The van der Waals surface area contributed by atoms with Crippen LogP contribution in [-0.4, -0.2) is 4.98 Å². The highest BCUT2D eigenvalue weighted by molar-refractivity contribution is 5.40. The summed E-state index contributed by atoms with van der Waals surface area (Å²) >= 11 is 0. The van der Waals surface area contributed by atoms with Gasteiger partial charge < -0.3 is 4.98 Å². The third kappa shape index (κ3) is 1.62. The number of hydrogen-bond acceptors (Lipinski definition) is 2. The van der Waals surface area contributed by atoms with E-state index in [0.29, 0.717) is 0 Å². The summed E-state index contributed by atoms with van der Waals surface area (Å²) < 4.78 is 0. The number of H-pyrrole nitrogens is 1. The van der Waals surface area contributed by atoms with E-state index in [1.165, 1.54) is 0 Å². The van der Waals surface area contributed by atoms with Crippen LogP contribution in [0.25, 0.3) is 0 Å². The van der Waals surface area contributed by atoms with E-state index in [-0.39, 0.29) is 11.1 Å². The Bertz CT molecular complexity index is 398. The first-order valence-electron chi connectivity index (χ1n) is 4.38. The number of nitrogens with zero attached hydrogens (tertiary/aromatic N) is 1. The number of pyridine rings is 1. The summed E-state index contributed by atoms with van der Waals surface area (Å²) in [5.74, 6) is 0. The van der Waals surface area contributed by atoms with Gasteiger partial charge in [-0.1, -0.05) is 13.8 Å². The summed E-state index contributed by atoms with van der Waals surface area (Å²) in [4.78, 5) is 13.8. The van der Waals surface area contributed by atoms with Gasteiger partial charge >= 0.3 is 0 Å². The average molecular weight is 176 g/mol. The summed E-state index contributed by atoms with van der Waals surface area (Å²) in [6.45, 7) is 3.96. The fourth-order valence-corrected chi connectivity index (χ4v) is 1.45. The summed E-state index contributed by atoms with van der Waals surface area (Å²) in [5.41, 5.74) is 1.92. The molecule has 1 rings (SSSR count). The van der Waals surface area contributed by atoms with Crippen LogP contribution in [0, 0.1) is 11.3 Å². The van der Waals surface area contributed by atoms with Crippen molar-refractivity contribution >= 4 is 0 Å². The quantitative estimate of drug-likeness (QED) is 0.739.